The van der Waals surface area contributed by atoms with Gasteiger partial charge in [0.1, 0.15) is 4.75 Å². The number of alkyl halides is 6. The number of rotatable bonds is 7. The van der Waals surface area contributed by atoms with Crippen molar-refractivity contribution in [3.05, 3.63) is 112 Å². The lowest BCUT2D eigenvalue weighted by Crippen LogP contribution is -2.55. The lowest BCUT2D eigenvalue weighted by Gasteiger charge is -2.39. The van der Waals surface area contributed by atoms with E-state index in [1.54, 1.807) is 12.1 Å². The number of halogens is 6. The number of nitrogens with two attached hydrogens (primary N) is 1. The molecule has 0 saturated carbocycles. The van der Waals surface area contributed by atoms with Crippen LogP contribution in [-0.4, -0.2) is 25.8 Å². The largest absolute Gasteiger partial charge is 0.430 e. The van der Waals surface area contributed by atoms with E-state index in [9.17, 15) is 34.8 Å². The molecule has 1 atom stereocenters. The Balaban J connectivity index is 1.64. The third-order valence-corrected chi connectivity index (χ3v) is 10.9. The summed E-state index contributed by atoms with van der Waals surface area (Å²) in [7, 11) is -4.20. The second-order valence-corrected chi connectivity index (χ2v) is 13.3. The Morgan fingerprint density at radius 1 is 0.857 bits per heavy atom. The van der Waals surface area contributed by atoms with Crippen molar-refractivity contribution in [2.24, 2.45) is 0 Å². The fourth-order valence-corrected chi connectivity index (χ4v) is 8.57. The molecule has 3 aromatic carbocycles. The van der Waals surface area contributed by atoms with E-state index in [0.29, 0.717) is 22.7 Å². The number of hydrogen-bond donors (Lipinski definition) is 1. The lowest BCUT2D eigenvalue weighted by molar-refractivity contribution is -0.392. The van der Waals surface area contributed by atoms with Gasteiger partial charge in [-0.3, -0.25) is 0 Å². The first kappa shape index (κ1) is 30.1. The van der Waals surface area contributed by atoms with Gasteiger partial charge in [0.05, 0.1) is 17.2 Å². The zero-order chi connectivity index (χ0) is 30.4. The van der Waals surface area contributed by atoms with Gasteiger partial charge >= 0.3 is 12.4 Å². The van der Waals surface area contributed by atoms with Crippen molar-refractivity contribution in [2.75, 3.05) is 5.73 Å². The summed E-state index contributed by atoms with van der Waals surface area (Å²) >= 11 is 1.10. The molecule has 1 aromatic heterocycles. The predicted molar refractivity (Wildman–Crippen MR) is 145 cm³/mol. The molecule has 0 saturated heterocycles. The summed E-state index contributed by atoms with van der Waals surface area (Å²) in [5.74, 6) is 0. The number of sulfone groups is 1. The molecule has 1 aliphatic rings. The molecule has 0 fully saturated rings. The van der Waals surface area contributed by atoms with Gasteiger partial charge < -0.3 is 10.5 Å². The molecule has 1 unspecified atom stereocenters. The van der Waals surface area contributed by atoms with Crippen LogP contribution in [0.15, 0.2) is 89.8 Å². The highest BCUT2D eigenvalue weighted by atomic mass is 32.2. The molecule has 1 heterocycles. The van der Waals surface area contributed by atoms with E-state index < -0.39 is 44.7 Å². The third kappa shape index (κ3) is 4.96. The van der Waals surface area contributed by atoms with Crippen LogP contribution in [0, 0.1) is 0 Å². The summed E-state index contributed by atoms with van der Waals surface area (Å²) in [6.45, 7) is -0.969. The Kier molecular flexibility index (Phi) is 7.65. The number of aromatic nitrogens is 1. The molecule has 0 amide bonds. The quantitative estimate of drug-likeness (QED) is 0.221. The molecule has 5 rings (SSSR count). The Hall–Kier alpha value is -3.42. The van der Waals surface area contributed by atoms with Crippen LogP contribution < -0.4 is 5.73 Å². The highest BCUT2D eigenvalue weighted by Gasteiger charge is 2.73. The molecule has 13 heteroatoms. The summed E-state index contributed by atoms with van der Waals surface area (Å²) in [5, 5.41) is 0.235. The topological polar surface area (TPSA) is 82.3 Å². The lowest BCUT2D eigenvalue weighted by atomic mass is 9.82. The van der Waals surface area contributed by atoms with Gasteiger partial charge in [-0.2, -0.15) is 26.3 Å². The van der Waals surface area contributed by atoms with Gasteiger partial charge in [-0.05, 0) is 36.1 Å². The molecule has 0 bridgehead atoms. The summed E-state index contributed by atoms with van der Waals surface area (Å²) < 4.78 is 118. The molecule has 1 aliphatic carbocycles. The number of thiazole rings is 1. The van der Waals surface area contributed by atoms with E-state index in [2.05, 4.69) is 4.98 Å². The minimum Gasteiger partial charge on any atom is -0.375 e. The smallest absolute Gasteiger partial charge is 0.375 e. The van der Waals surface area contributed by atoms with Gasteiger partial charge in [0, 0.05) is 16.9 Å². The van der Waals surface area contributed by atoms with E-state index >= 15 is 0 Å². The minimum absolute atomic E-state index is 0.00601. The van der Waals surface area contributed by atoms with Crippen LogP contribution >= 0.6 is 11.3 Å². The first-order chi connectivity index (χ1) is 19.7. The predicted octanol–water partition coefficient (Wildman–Crippen LogP) is 7.12. The fraction of sp³-hybridized carbons (Fsp3) is 0.276. The van der Waals surface area contributed by atoms with Gasteiger partial charge in [0.15, 0.2) is 15.0 Å². The van der Waals surface area contributed by atoms with E-state index in [1.165, 1.54) is 48.5 Å². The summed E-state index contributed by atoms with van der Waals surface area (Å²) in [6, 6.07) is 18.0. The molecule has 4 aromatic rings. The number of hydrogen-bond acceptors (Lipinski definition) is 6. The van der Waals surface area contributed by atoms with Gasteiger partial charge in [-0.15, -0.1) is 11.3 Å². The molecule has 0 spiro atoms. The third-order valence-electron chi connectivity index (χ3n) is 7.49. The zero-order valence-electron chi connectivity index (χ0n) is 21.7. The van der Waals surface area contributed by atoms with Crippen molar-refractivity contribution in [1.82, 2.24) is 4.98 Å². The first-order valence-corrected chi connectivity index (χ1v) is 15.0. The molecule has 5 nitrogen and oxygen atoms in total. The second-order valence-electron chi connectivity index (χ2n) is 9.94. The maximum atomic E-state index is 14.4. The van der Waals surface area contributed by atoms with Crippen LogP contribution in [0.4, 0.5) is 31.5 Å². The van der Waals surface area contributed by atoms with Crippen LogP contribution in [0.25, 0.3) is 0 Å². The Morgan fingerprint density at radius 3 is 2.00 bits per heavy atom. The number of fused-ring (bicyclic) bond motifs is 1. The molecule has 0 radical (unpaired) electrons. The molecule has 2 N–H and O–H groups in total. The number of aryl methyl sites for hydroxylation is 1. The maximum absolute atomic E-state index is 14.4. The highest BCUT2D eigenvalue weighted by molar-refractivity contribution is 7.92. The monoisotopic (exact) mass is 626 g/mol. The van der Waals surface area contributed by atoms with Gasteiger partial charge in [-0.1, -0.05) is 72.8 Å². The molecule has 0 aliphatic heterocycles. The Bertz CT molecular complexity index is 1640. The van der Waals surface area contributed by atoms with E-state index in [0.717, 1.165) is 23.5 Å². The van der Waals surface area contributed by atoms with E-state index in [-0.39, 0.29) is 40.4 Å². The molecule has 222 valence electrons. The SMILES string of the molecule is Nc1nc2c(s1)CC(c1ccc(C(OCc3ccccc3)(C(F)(F)F)C(F)(F)F)cc1)(S(=O)(=O)c1ccccc1)CC2. The average molecular weight is 627 g/mol. The average Bonchev–Trinajstić information content (AvgIpc) is 3.32. The van der Waals surface area contributed by atoms with Crippen molar-refractivity contribution in [3.8, 4) is 0 Å². The normalized spacial score (nSPS) is 18.0. The number of anilines is 1. The van der Waals surface area contributed by atoms with Crippen molar-refractivity contribution in [2.45, 2.75) is 53.5 Å². The van der Waals surface area contributed by atoms with Gasteiger partial charge in [0.25, 0.3) is 5.60 Å². The van der Waals surface area contributed by atoms with Crippen LogP contribution in [0.3, 0.4) is 0 Å². The Labute approximate surface area is 241 Å². The van der Waals surface area contributed by atoms with Gasteiger partial charge in [-0.25, -0.2) is 13.4 Å². The summed E-state index contributed by atoms with van der Waals surface area (Å²) in [6.07, 6.45) is -11.7. The summed E-state index contributed by atoms with van der Waals surface area (Å²) in [4.78, 5) is 4.81. The minimum atomic E-state index is -5.89. The Morgan fingerprint density at radius 2 is 1.43 bits per heavy atom. The van der Waals surface area contributed by atoms with E-state index in [1.807, 2.05) is 0 Å². The standard InChI is InChI=1S/C29H24F6N2O3S2/c30-28(31,32)27(29(33,34)35,40-18-19-7-3-1-4-8-19)21-13-11-20(12-14-21)26(42(38,39)22-9-5-2-6-10-22)16-15-23-24(17-26)41-25(36)37-23/h1-14H,15-18H2,(H2,36,37). The van der Waals surface area contributed by atoms with Crippen LogP contribution in [0.2, 0.25) is 0 Å². The molecular formula is C29H24F6N2O3S2. The van der Waals surface area contributed by atoms with Crippen molar-refractivity contribution in [1.29, 1.82) is 0 Å². The first-order valence-electron chi connectivity index (χ1n) is 12.7. The number of ether oxygens (including phenoxy) is 1. The van der Waals surface area contributed by atoms with Crippen molar-refractivity contribution >= 4 is 26.3 Å². The summed E-state index contributed by atoms with van der Waals surface area (Å²) in [5.41, 5.74) is 0.764. The van der Waals surface area contributed by atoms with Crippen molar-refractivity contribution in [3.63, 3.8) is 0 Å². The van der Waals surface area contributed by atoms with Crippen LogP contribution in [0.1, 0.15) is 33.7 Å². The number of benzene rings is 3. The fourth-order valence-electron chi connectivity index (χ4n) is 5.37. The number of nitrogen functional groups attached to an aromatic ring is 1. The maximum Gasteiger partial charge on any atom is 0.430 e. The van der Waals surface area contributed by atoms with Crippen LogP contribution in [-0.2, 0) is 44.4 Å². The van der Waals surface area contributed by atoms with Gasteiger partial charge in [0.2, 0.25) is 0 Å². The molecular weight excluding hydrogens is 602 g/mol. The van der Waals surface area contributed by atoms with Crippen LogP contribution in [0.5, 0.6) is 0 Å². The van der Waals surface area contributed by atoms with Crippen molar-refractivity contribution < 1.29 is 39.5 Å². The van der Waals surface area contributed by atoms with E-state index in [4.69, 9.17) is 10.5 Å². The highest BCUT2D eigenvalue weighted by Crippen LogP contribution is 2.54. The second kappa shape index (κ2) is 10.7. The number of nitrogens with zero attached hydrogens (tertiary/aromatic N) is 1. The zero-order valence-corrected chi connectivity index (χ0v) is 23.4. The molecule has 42 heavy (non-hydrogen) atoms.